The highest BCUT2D eigenvalue weighted by Gasteiger charge is 2.21. The van der Waals surface area contributed by atoms with E-state index < -0.39 is 0 Å². The van der Waals surface area contributed by atoms with E-state index in [0.29, 0.717) is 25.0 Å². The number of hydrogen-bond donors (Lipinski definition) is 2. The summed E-state index contributed by atoms with van der Waals surface area (Å²) < 4.78 is 5.74. The highest BCUT2D eigenvalue weighted by Crippen LogP contribution is 2.37. The smallest absolute Gasteiger partial charge is 0.226 e. The third-order valence-electron chi connectivity index (χ3n) is 5.30. The van der Waals surface area contributed by atoms with E-state index in [1.165, 1.54) is 10.4 Å². The number of carbonyl (C=O) groups excluding carboxylic acids is 1. The summed E-state index contributed by atoms with van der Waals surface area (Å²) >= 11 is 6.85. The largest absolute Gasteiger partial charge is 0.494 e. The molecule has 0 unspecified atom stereocenters. The molecule has 0 bridgehead atoms. The van der Waals surface area contributed by atoms with Crippen LogP contribution >= 0.6 is 23.6 Å². The number of aryl methyl sites for hydroxylation is 1. The molecule has 7 heteroatoms. The molecule has 1 heterocycles. The fourth-order valence-corrected chi connectivity index (χ4v) is 5.09. The van der Waals surface area contributed by atoms with Gasteiger partial charge < -0.3 is 15.4 Å². The number of anilines is 1. The van der Waals surface area contributed by atoms with Crippen molar-refractivity contribution in [3.05, 3.63) is 45.8 Å². The number of fused-ring (bicyclic) bond motifs is 1. The first-order valence-electron chi connectivity index (χ1n) is 10.7. The predicted molar refractivity (Wildman–Crippen MR) is 130 cm³/mol. The number of carbonyl (C=O) groups is 1. The number of nitriles is 1. The first-order valence-corrected chi connectivity index (χ1v) is 11.9. The van der Waals surface area contributed by atoms with Crippen LogP contribution in [0.25, 0.3) is 0 Å². The van der Waals surface area contributed by atoms with Crippen molar-refractivity contribution in [3.63, 3.8) is 0 Å². The molecule has 164 valence electrons. The Bertz CT molecular complexity index is 982. The summed E-state index contributed by atoms with van der Waals surface area (Å²) in [6.07, 6.45) is 5.12. The third kappa shape index (κ3) is 6.28. The molecule has 1 aliphatic carbocycles. The SMILES string of the molecule is CC(C)(C)c1ccc(OCCCC(=O)NC(=S)Nc2sc3c(c2C#N)CCCC3)cc1. The van der Waals surface area contributed by atoms with Gasteiger partial charge in [-0.05, 0) is 73.0 Å². The molecule has 2 aromatic rings. The summed E-state index contributed by atoms with van der Waals surface area (Å²) in [7, 11) is 0. The number of hydrogen-bond acceptors (Lipinski definition) is 5. The molecule has 0 fully saturated rings. The van der Waals surface area contributed by atoms with Gasteiger partial charge in [-0.3, -0.25) is 4.79 Å². The van der Waals surface area contributed by atoms with Crippen molar-refractivity contribution >= 4 is 39.6 Å². The molecule has 1 amide bonds. The van der Waals surface area contributed by atoms with Crippen LogP contribution in [-0.4, -0.2) is 17.6 Å². The minimum Gasteiger partial charge on any atom is -0.494 e. The summed E-state index contributed by atoms with van der Waals surface area (Å²) in [5.74, 6) is 0.639. The van der Waals surface area contributed by atoms with Crippen molar-refractivity contribution in [2.75, 3.05) is 11.9 Å². The van der Waals surface area contributed by atoms with Gasteiger partial charge in [-0.2, -0.15) is 5.26 Å². The zero-order valence-electron chi connectivity index (χ0n) is 18.3. The summed E-state index contributed by atoms with van der Waals surface area (Å²) in [5, 5.41) is 16.2. The van der Waals surface area contributed by atoms with Crippen LogP contribution in [0.15, 0.2) is 24.3 Å². The Morgan fingerprint density at radius 1 is 1.23 bits per heavy atom. The van der Waals surface area contributed by atoms with Crippen molar-refractivity contribution in [1.82, 2.24) is 5.32 Å². The van der Waals surface area contributed by atoms with Crippen molar-refractivity contribution in [2.24, 2.45) is 0 Å². The molecule has 5 nitrogen and oxygen atoms in total. The summed E-state index contributed by atoms with van der Waals surface area (Å²) in [6, 6.07) is 10.4. The van der Waals surface area contributed by atoms with Crippen LogP contribution in [0.3, 0.4) is 0 Å². The molecule has 0 aliphatic heterocycles. The van der Waals surface area contributed by atoms with Crippen LogP contribution in [0.2, 0.25) is 0 Å². The Morgan fingerprint density at radius 2 is 1.94 bits per heavy atom. The molecule has 31 heavy (non-hydrogen) atoms. The fraction of sp³-hybridized carbons (Fsp3) is 0.458. The lowest BCUT2D eigenvalue weighted by Gasteiger charge is -2.19. The second-order valence-corrected chi connectivity index (χ2v) is 10.3. The average molecular weight is 456 g/mol. The Labute approximate surface area is 193 Å². The normalized spacial score (nSPS) is 13.1. The van der Waals surface area contributed by atoms with Crippen LogP contribution in [0.1, 0.15) is 68.0 Å². The number of ether oxygens (including phenoxy) is 1. The predicted octanol–water partition coefficient (Wildman–Crippen LogP) is 5.47. The molecule has 0 spiro atoms. The van der Waals surface area contributed by atoms with E-state index in [1.54, 1.807) is 11.3 Å². The highest BCUT2D eigenvalue weighted by molar-refractivity contribution is 7.80. The van der Waals surface area contributed by atoms with Gasteiger partial charge in [-0.1, -0.05) is 32.9 Å². The minimum absolute atomic E-state index is 0.111. The molecular formula is C24H29N3O2S2. The monoisotopic (exact) mass is 455 g/mol. The molecular weight excluding hydrogens is 426 g/mol. The Hall–Kier alpha value is -2.43. The fourth-order valence-electron chi connectivity index (χ4n) is 3.57. The average Bonchev–Trinajstić information content (AvgIpc) is 3.07. The quantitative estimate of drug-likeness (QED) is 0.446. The summed E-state index contributed by atoms with van der Waals surface area (Å²) in [4.78, 5) is 13.5. The minimum atomic E-state index is -0.163. The van der Waals surface area contributed by atoms with Gasteiger partial charge >= 0.3 is 0 Å². The van der Waals surface area contributed by atoms with Crippen LogP contribution in [-0.2, 0) is 23.1 Å². The number of nitrogens with one attached hydrogen (secondary N) is 2. The molecule has 1 aliphatic rings. The molecule has 1 aromatic heterocycles. The van der Waals surface area contributed by atoms with Gasteiger partial charge in [-0.25, -0.2) is 0 Å². The number of nitrogens with zero attached hydrogens (tertiary/aromatic N) is 1. The van der Waals surface area contributed by atoms with Gasteiger partial charge in [-0.15, -0.1) is 11.3 Å². The lowest BCUT2D eigenvalue weighted by atomic mass is 9.87. The van der Waals surface area contributed by atoms with E-state index in [9.17, 15) is 10.1 Å². The summed E-state index contributed by atoms with van der Waals surface area (Å²) in [6.45, 7) is 6.98. The van der Waals surface area contributed by atoms with Crippen molar-refractivity contribution < 1.29 is 9.53 Å². The van der Waals surface area contributed by atoms with E-state index in [1.807, 2.05) is 12.1 Å². The number of thiophene rings is 1. The Balaban J connectivity index is 1.41. The molecule has 1 aromatic carbocycles. The Kier molecular flexibility index (Phi) is 7.69. The van der Waals surface area contributed by atoms with Gasteiger partial charge in [0.25, 0.3) is 0 Å². The first-order chi connectivity index (χ1) is 14.8. The third-order valence-corrected chi connectivity index (χ3v) is 6.71. The van der Waals surface area contributed by atoms with Crippen molar-refractivity contribution in [2.45, 2.75) is 64.7 Å². The van der Waals surface area contributed by atoms with Gasteiger partial charge in [0.05, 0.1) is 12.2 Å². The number of rotatable bonds is 6. The molecule has 0 saturated heterocycles. The van der Waals surface area contributed by atoms with Crippen molar-refractivity contribution in [3.8, 4) is 11.8 Å². The number of amides is 1. The van der Waals surface area contributed by atoms with Gasteiger partial charge in [0, 0.05) is 11.3 Å². The lowest BCUT2D eigenvalue weighted by Crippen LogP contribution is -2.34. The molecule has 0 saturated carbocycles. The number of benzene rings is 1. The van der Waals surface area contributed by atoms with Gasteiger partial charge in [0.15, 0.2) is 5.11 Å². The molecule has 0 atom stereocenters. The summed E-state index contributed by atoms with van der Waals surface area (Å²) in [5.41, 5.74) is 3.18. The van der Waals surface area contributed by atoms with Gasteiger partial charge in [0.1, 0.15) is 16.8 Å². The topological polar surface area (TPSA) is 74.2 Å². The zero-order valence-corrected chi connectivity index (χ0v) is 20.0. The molecule has 3 rings (SSSR count). The van der Waals surface area contributed by atoms with Crippen LogP contribution in [0, 0.1) is 11.3 Å². The van der Waals surface area contributed by atoms with E-state index in [-0.39, 0.29) is 16.4 Å². The van der Waals surface area contributed by atoms with Crippen LogP contribution in [0.4, 0.5) is 5.00 Å². The van der Waals surface area contributed by atoms with Crippen LogP contribution in [0.5, 0.6) is 5.75 Å². The Morgan fingerprint density at radius 3 is 2.61 bits per heavy atom. The van der Waals surface area contributed by atoms with Crippen molar-refractivity contribution in [1.29, 1.82) is 5.26 Å². The van der Waals surface area contributed by atoms with E-state index in [4.69, 9.17) is 17.0 Å². The second kappa shape index (κ2) is 10.3. The lowest BCUT2D eigenvalue weighted by molar-refractivity contribution is -0.119. The zero-order chi connectivity index (χ0) is 22.4. The second-order valence-electron chi connectivity index (χ2n) is 8.76. The maximum atomic E-state index is 12.2. The molecule has 2 N–H and O–H groups in total. The standard InChI is InChI=1S/C24H29N3O2S2/c1-24(2,3)16-10-12-17(13-11-16)29-14-6-9-21(28)26-23(30)27-22-19(15-25)18-7-4-5-8-20(18)31-22/h10-13H,4-9,14H2,1-3H3,(H2,26,27,28,30). The number of thiocarbonyl (C=S) groups is 1. The van der Waals surface area contributed by atoms with Gasteiger partial charge in [0.2, 0.25) is 5.91 Å². The maximum absolute atomic E-state index is 12.2. The maximum Gasteiger partial charge on any atom is 0.226 e. The molecule has 0 radical (unpaired) electrons. The van der Waals surface area contributed by atoms with Crippen LogP contribution < -0.4 is 15.4 Å². The van der Waals surface area contributed by atoms with E-state index in [2.05, 4.69) is 49.6 Å². The first kappa shape index (κ1) is 23.2. The van der Waals surface area contributed by atoms with E-state index >= 15 is 0 Å². The highest BCUT2D eigenvalue weighted by atomic mass is 32.1. The van der Waals surface area contributed by atoms with E-state index in [0.717, 1.165) is 42.0 Å².